The van der Waals surface area contributed by atoms with Crippen LogP contribution in [0.25, 0.3) is 0 Å². The van der Waals surface area contributed by atoms with Crippen molar-refractivity contribution in [2.45, 2.75) is 12.4 Å². The number of alkyl halides is 6. The largest absolute Gasteiger partial charge is 0.508 e. The van der Waals surface area contributed by atoms with Gasteiger partial charge < -0.3 is 30.6 Å². The Morgan fingerprint density at radius 2 is 0.913 bits per heavy atom. The van der Waals surface area contributed by atoms with Crippen LogP contribution in [0.2, 0.25) is 10.0 Å². The molecule has 10 nitrogen and oxygen atoms in total. The molecule has 0 heterocycles. The van der Waals surface area contributed by atoms with Crippen molar-refractivity contribution in [3.63, 3.8) is 0 Å². The average molecular weight is 693 g/mol. The van der Waals surface area contributed by atoms with Crippen LogP contribution in [0.5, 0.6) is 34.5 Å². The number of phenols is 6. The molecule has 46 heavy (non-hydrogen) atoms. The van der Waals surface area contributed by atoms with Gasteiger partial charge in [-0.05, 0) is 36.4 Å². The molecule has 18 heteroatoms. The second-order valence-electron chi connectivity index (χ2n) is 8.92. The Morgan fingerprint density at radius 3 is 1.28 bits per heavy atom. The van der Waals surface area contributed by atoms with Crippen molar-refractivity contribution in [3.8, 4) is 34.5 Å². The Kier molecular flexibility index (Phi) is 10.9. The lowest BCUT2D eigenvalue weighted by Crippen LogP contribution is -2.05. The number of nitrogens with zero attached hydrogens (tertiary/aromatic N) is 2. The zero-order chi connectivity index (χ0) is 34.4. The fourth-order valence-electron chi connectivity index (χ4n) is 3.39. The van der Waals surface area contributed by atoms with Crippen molar-refractivity contribution in [2.75, 3.05) is 10.9 Å². The van der Waals surface area contributed by atoms with Crippen LogP contribution in [0.15, 0.2) is 70.9 Å². The Morgan fingerprint density at radius 1 is 0.543 bits per heavy atom. The first kappa shape index (κ1) is 35.3. The molecule has 0 aliphatic heterocycles. The summed E-state index contributed by atoms with van der Waals surface area (Å²) in [6.45, 7) is 0. The minimum Gasteiger partial charge on any atom is -0.508 e. The maximum Gasteiger partial charge on any atom is 0.416 e. The van der Waals surface area contributed by atoms with Gasteiger partial charge in [-0.25, -0.2) is 0 Å². The molecule has 0 atom stereocenters. The molecule has 4 aromatic rings. The quantitative estimate of drug-likeness (QED) is 0.0574. The summed E-state index contributed by atoms with van der Waals surface area (Å²) in [4.78, 5) is 0. The number of halogens is 8. The van der Waals surface area contributed by atoms with Crippen LogP contribution in [0, 0.1) is 0 Å². The molecule has 0 saturated carbocycles. The highest BCUT2D eigenvalue weighted by atomic mass is 35.5. The van der Waals surface area contributed by atoms with Crippen LogP contribution < -0.4 is 10.9 Å². The fourth-order valence-corrected chi connectivity index (χ4v) is 3.96. The first-order valence-electron chi connectivity index (χ1n) is 12.2. The van der Waals surface area contributed by atoms with E-state index in [-0.39, 0.29) is 38.4 Å². The summed E-state index contributed by atoms with van der Waals surface area (Å²) in [6, 6.07) is 9.51. The van der Waals surface area contributed by atoms with E-state index in [1.165, 1.54) is 12.1 Å². The van der Waals surface area contributed by atoms with Gasteiger partial charge in [-0.1, -0.05) is 23.2 Å². The molecule has 0 aliphatic carbocycles. The van der Waals surface area contributed by atoms with Crippen molar-refractivity contribution in [1.82, 2.24) is 0 Å². The van der Waals surface area contributed by atoms with Crippen molar-refractivity contribution in [2.24, 2.45) is 10.2 Å². The summed E-state index contributed by atoms with van der Waals surface area (Å²) in [5, 5.41) is 63.3. The van der Waals surface area contributed by atoms with Gasteiger partial charge >= 0.3 is 12.4 Å². The molecule has 4 rings (SSSR count). The number of hydrazone groups is 2. The molecular weight excluding hydrogens is 673 g/mol. The molecule has 0 aromatic heterocycles. The SMILES string of the molecule is Oc1cc(O)c(C=NNc2c(Cl)cc(C(F)(F)F)cc2Cl)c(O)c1.Oc1cc(O)c(C=NNc2ccc(C(F)(F)F)cc2)c(O)c1. The number of anilines is 2. The standard InChI is InChI=1S/C14H9Cl2F3N2O3.C14H11F3N2O3/c15-9-1-6(14(17,18)19)2-10(16)13(9)21-20-5-8-11(23)3-7(22)4-12(8)24;15-14(16,17)8-1-3-9(4-2-8)19-18-7-11-12(21)5-10(20)6-13(11)22/h1-5,21-24H;1-7,19-22H. The second-order valence-corrected chi connectivity index (χ2v) is 9.74. The Bertz CT molecular complexity index is 1700. The van der Waals surface area contributed by atoms with Gasteiger partial charge in [-0.2, -0.15) is 36.5 Å². The lowest BCUT2D eigenvalue weighted by Gasteiger charge is -2.11. The van der Waals surface area contributed by atoms with Crippen molar-refractivity contribution >= 4 is 47.0 Å². The molecule has 0 amide bonds. The molecular formula is C28H20Cl2F6N4O6. The monoisotopic (exact) mass is 692 g/mol. The first-order valence-corrected chi connectivity index (χ1v) is 12.9. The summed E-state index contributed by atoms with van der Waals surface area (Å²) < 4.78 is 75.1. The van der Waals surface area contributed by atoms with Gasteiger partial charge in [0.25, 0.3) is 0 Å². The molecule has 0 aliphatic rings. The van der Waals surface area contributed by atoms with Crippen LogP contribution in [0.3, 0.4) is 0 Å². The van der Waals surface area contributed by atoms with Gasteiger partial charge in [0.15, 0.2) is 0 Å². The van der Waals surface area contributed by atoms with E-state index < -0.39 is 46.5 Å². The maximum atomic E-state index is 12.6. The summed E-state index contributed by atoms with van der Waals surface area (Å²) in [6.07, 6.45) is -6.96. The van der Waals surface area contributed by atoms with Crippen LogP contribution in [0.4, 0.5) is 37.7 Å². The number of nitrogens with one attached hydrogen (secondary N) is 2. The number of hydrogen-bond donors (Lipinski definition) is 8. The summed E-state index contributed by atoms with van der Waals surface area (Å²) in [7, 11) is 0. The van der Waals surface area contributed by atoms with Crippen molar-refractivity contribution < 1.29 is 57.0 Å². The van der Waals surface area contributed by atoms with E-state index in [2.05, 4.69) is 21.1 Å². The van der Waals surface area contributed by atoms with E-state index in [4.69, 9.17) is 28.3 Å². The highest BCUT2D eigenvalue weighted by Gasteiger charge is 2.32. The number of rotatable bonds is 6. The lowest BCUT2D eigenvalue weighted by atomic mass is 10.2. The first-order chi connectivity index (χ1) is 21.4. The Balaban J connectivity index is 0.000000251. The normalized spacial score (nSPS) is 11.8. The number of aromatic hydroxyl groups is 6. The van der Waals surface area contributed by atoms with E-state index >= 15 is 0 Å². The van der Waals surface area contributed by atoms with Gasteiger partial charge in [-0.3, -0.25) is 10.9 Å². The summed E-state index contributed by atoms with van der Waals surface area (Å²) >= 11 is 11.5. The van der Waals surface area contributed by atoms with E-state index in [9.17, 15) is 51.9 Å². The molecule has 244 valence electrons. The molecule has 0 fully saturated rings. The van der Waals surface area contributed by atoms with E-state index in [1.807, 2.05) is 0 Å². The zero-order valence-corrected chi connectivity index (χ0v) is 24.0. The molecule has 8 N–H and O–H groups in total. The third-order valence-electron chi connectivity index (χ3n) is 5.58. The predicted octanol–water partition coefficient (Wildman–Crippen LogP) is 7.84. The number of hydrogen-bond acceptors (Lipinski definition) is 10. The Labute approximate surface area is 264 Å². The zero-order valence-electron chi connectivity index (χ0n) is 22.5. The summed E-state index contributed by atoms with van der Waals surface area (Å²) in [5.74, 6) is -2.37. The molecule has 0 spiro atoms. The molecule has 0 radical (unpaired) electrons. The third kappa shape index (κ3) is 9.39. The molecule has 0 saturated heterocycles. The highest BCUT2D eigenvalue weighted by molar-refractivity contribution is 6.39. The second kappa shape index (κ2) is 14.3. The highest BCUT2D eigenvalue weighted by Crippen LogP contribution is 2.39. The molecule has 0 bridgehead atoms. The minimum absolute atomic E-state index is 0.0442. The van der Waals surface area contributed by atoms with Crippen LogP contribution in [0.1, 0.15) is 22.3 Å². The topological polar surface area (TPSA) is 170 Å². The van der Waals surface area contributed by atoms with Crippen LogP contribution in [-0.4, -0.2) is 43.1 Å². The van der Waals surface area contributed by atoms with Gasteiger partial charge in [0.2, 0.25) is 0 Å². The van der Waals surface area contributed by atoms with E-state index in [0.717, 1.165) is 48.8 Å². The van der Waals surface area contributed by atoms with Crippen molar-refractivity contribution in [3.05, 3.63) is 93.0 Å². The van der Waals surface area contributed by atoms with Gasteiger partial charge in [0.05, 0.1) is 56.1 Å². The van der Waals surface area contributed by atoms with Crippen LogP contribution >= 0.6 is 23.2 Å². The van der Waals surface area contributed by atoms with Crippen LogP contribution in [-0.2, 0) is 12.4 Å². The minimum atomic E-state index is -4.60. The van der Waals surface area contributed by atoms with Gasteiger partial charge in [0.1, 0.15) is 34.5 Å². The van der Waals surface area contributed by atoms with E-state index in [0.29, 0.717) is 17.8 Å². The maximum absolute atomic E-state index is 12.6. The lowest BCUT2D eigenvalue weighted by molar-refractivity contribution is -0.138. The fraction of sp³-hybridized carbons (Fsp3) is 0.0714. The predicted molar refractivity (Wildman–Crippen MR) is 158 cm³/mol. The van der Waals surface area contributed by atoms with Crippen molar-refractivity contribution in [1.29, 1.82) is 0 Å². The summed E-state index contributed by atoms with van der Waals surface area (Å²) in [5.41, 5.74) is 3.04. The molecule has 4 aromatic carbocycles. The molecule has 0 unspecified atom stereocenters. The third-order valence-corrected chi connectivity index (χ3v) is 6.18. The van der Waals surface area contributed by atoms with E-state index in [1.54, 1.807) is 0 Å². The Hall–Kier alpha value is -5.22. The number of benzene rings is 4. The average Bonchev–Trinajstić information content (AvgIpc) is 2.92. The number of phenolic OH excluding ortho intramolecular Hbond substituents is 6. The van der Waals surface area contributed by atoms with Gasteiger partial charge in [-0.15, -0.1) is 0 Å². The van der Waals surface area contributed by atoms with Gasteiger partial charge in [0, 0.05) is 24.3 Å². The smallest absolute Gasteiger partial charge is 0.416 e.